The first-order valence-corrected chi connectivity index (χ1v) is 8.09. The largest absolute Gasteiger partial charge is 0.326 e. The maximum absolute atomic E-state index is 10.8. The van der Waals surface area contributed by atoms with Crippen LogP contribution in [0.2, 0.25) is 0 Å². The van der Waals surface area contributed by atoms with Gasteiger partial charge in [0.15, 0.2) is 0 Å². The minimum absolute atomic E-state index is 0. The average molecular weight is 310 g/mol. The fourth-order valence-corrected chi connectivity index (χ4v) is 1.97. The summed E-state index contributed by atoms with van der Waals surface area (Å²) in [5.41, 5.74) is 5.35. The second-order valence-corrected chi connectivity index (χ2v) is 7.84. The van der Waals surface area contributed by atoms with E-state index in [9.17, 15) is 16.8 Å². The molecule has 0 aliphatic heterocycles. The van der Waals surface area contributed by atoms with Crippen molar-refractivity contribution in [2.75, 3.05) is 0 Å². The third-order valence-corrected chi connectivity index (χ3v) is 3.19. The fraction of sp³-hybridized carbons (Fsp3) is 0.400. The van der Waals surface area contributed by atoms with Crippen molar-refractivity contribution in [2.45, 2.75) is 36.1 Å². The predicted octanol–water partition coefficient (Wildman–Crippen LogP) is 0.324. The van der Waals surface area contributed by atoms with Gasteiger partial charge in [0, 0.05) is 5.54 Å². The first kappa shape index (κ1) is 18.0. The van der Waals surface area contributed by atoms with Crippen LogP contribution in [0.4, 0.5) is 0 Å². The molecule has 0 aliphatic carbocycles. The van der Waals surface area contributed by atoms with Crippen LogP contribution in [0.25, 0.3) is 0 Å². The zero-order chi connectivity index (χ0) is 15.5. The smallest absolute Gasteiger partial charge is 0.294 e. The summed E-state index contributed by atoms with van der Waals surface area (Å²) < 4.78 is 51.5. The van der Waals surface area contributed by atoms with E-state index in [2.05, 4.69) is 0 Å². The molecule has 0 spiro atoms. The van der Waals surface area contributed by atoms with E-state index in [-0.39, 0.29) is 10.4 Å². The lowest BCUT2D eigenvalue weighted by atomic mass is 10.1. The molecule has 1 rings (SSSR count). The van der Waals surface area contributed by atoms with Gasteiger partial charge in [-0.1, -0.05) is 6.07 Å². The van der Waals surface area contributed by atoms with Gasteiger partial charge in [-0.15, -0.1) is 0 Å². The maximum Gasteiger partial charge on any atom is 0.294 e. The van der Waals surface area contributed by atoms with Crippen molar-refractivity contribution in [3.8, 4) is 0 Å². The third kappa shape index (κ3) is 8.67. The highest BCUT2D eigenvalue weighted by atomic mass is 32.2. The normalized spacial score (nSPS) is 12.5. The van der Waals surface area contributed by atoms with Gasteiger partial charge in [-0.2, -0.15) is 8.42 Å². The highest BCUT2D eigenvalue weighted by Crippen LogP contribution is 2.13. The van der Waals surface area contributed by atoms with Crippen LogP contribution in [-0.4, -0.2) is 26.9 Å². The fourth-order valence-electron chi connectivity index (χ4n) is 0.812. The Morgan fingerprint density at radius 2 is 1.42 bits per heavy atom. The topological polar surface area (TPSA) is 141 Å². The summed E-state index contributed by atoms with van der Waals surface area (Å²) in [5.74, 6) is 0. The molecule has 0 aliphatic rings. The molecule has 0 bridgehead atoms. The monoisotopic (exact) mass is 310 g/mol. The van der Waals surface area contributed by atoms with Crippen molar-refractivity contribution in [3.05, 3.63) is 24.3 Å². The van der Waals surface area contributed by atoms with Gasteiger partial charge < -0.3 is 5.73 Å². The number of benzene rings is 1. The molecule has 0 radical (unpaired) electrons. The Bertz CT molecular complexity index is 577. The lowest BCUT2D eigenvalue weighted by molar-refractivity contribution is 0.483. The first-order valence-electron chi connectivity index (χ1n) is 5.10. The molecular weight excluding hydrogens is 292 g/mol. The predicted molar refractivity (Wildman–Crippen MR) is 71.6 cm³/mol. The molecule has 0 unspecified atom stereocenters. The number of hydrogen-bond acceptors (Lipinski definition) is 5. The molecular formula is C10H18N2O5S2. The van der Waals surface area contributed by atoms with Crippen molar-refractivity contribution < 1.29 is 21.4 Å². The molecule has 5 N–H and O–H groups in total. The van der Waals surface area contributed by atoms with Gasteiger partial charge in [0.25, 0.3) is 10.1 Å². The van der Waals surface area contributed by atoms with E-state index in [0.717, 1.165) is 18.2 Å². The molecule has 110 valence electrons. The summed E-state index contributed by atoms with van der Waals surface area (Å²) in [6.45, 7) is 5.90. The summed E-state index contributed by atoms with van der Waals surface area (Å²) in [6, 6.07) is 4.14. The highest BCUT2D eigenvalue weighted by Gasteiger charge is 2.14. The molecule has 1 aromatic rings. The van der Waals surface area contributed by atoms with E-state index >= 15 is 0 Å². The van der Waals surface area contributed by atoms with Gasteiger partial charge in [0.2, 0.25) is 10.0 Å². The Kier molecular flexibility index (Phi) is 5.66. The van der Waals surface area contributed by atoms with E-state index in [1.165, 1.54) is 6.07 Å². The number of sulfonamides is 1. The Labute approximate surface area is 113 Å². The standard InChI is InChI=1S/C6H7NO5S2.C4H11N/c7-13(8,9)5-2-1-3-6(4-5)14(10,11)12;1-4(2,3)5/h1-4H,(H2,7,8,9)(H,10,11,12);5H2,1-3H3. The van der Waals surface area contributed by atoms with Crippen LogP contribution >= 0.6 is 0 Å². The lowest BCUT2D eigenvalue weighted by Crippen LogP contribution is -2.26. The summed E-state index contributed by atoms with van der Waals surface area (Å²) in [6.07, 6.45) is 0. The first-order chi connectivity index (χ1) is 8.21. The molecule has 0 amide bonds. The number of primary sulfonamides is 1. The molecule has 19 heavy (non-hydrogen) atoms. The zero-order valence-corrected chi connectivity index (χ0v) is 12.5. The van der Waals surface area contributed by atoms with Crippen LogP contribution in [0, 0.1) is 0 Å². The van der Waals surface area contributed by atoms with Gasteiger partial charge in [-0.3, -0.25) is 4.55 Å². The molecule has 9 heteroatoms. The van der Waals surface area contributed by atoms with Crippen molar-refractivity contribution in [3.63, 3.8) is 0 Å². The van der Waals surface area contributed by atoms with Crippen LogP contribution in [-0.2, 0) is 20.1 Å². The second-order valence-electron chi connectivity index (χ2n) is 4.86. The summed E-state index contributed by atoms with van der Waals surface area (Å²) in [5, 5.41) is 4.76. The van der Waals surface area contributed by atoms with Crippen LogP contribution in [0.3, 0.4) is 0 Å². The number of nitrogens with two attached hydrogens (primary N) is 2. The van der Waals surface area contributed by atoms with E-state index in [0.29, 0.717) is 0 Å². The highest BCUT2D eigenvalue weighted by molar-refractivity contribution is 7.89. The minimum Gasteiger partial charge on any atom is -0.326 e. The van der Waals surface area contributed by atoms with E-state index in [1.54, 1.807) is 0 Å². The molecule has 1 aromatic carbocycles. The van der Waals surface area contributed by atoms with Crippen LogP contribution < -0.4 is 10.9 Å². The van der Waals surface area contributed by atoms with E-state index in [4.69, 9.17) is 15.4 Å². The zero-order valence-electron chi connectivity index (χ0n) is 10.9. The van der Waals surface area contributed by atoms with Crippen LogP contribution in [0.1, 0.15) is 20.8 Å². The SMILES string of the molecule is CC(C)(C)N.NS(=O)(=O)c1cccc(S(=O)(=O)O)c1. The molecule has 0 saturated carbocycles. The van der Waals surface area contributed by atoms with E-state index in [1.807, 2.05) is 20.8 Å². The Hall–Kier alpha value is -1.00. The van der Waals surface area contributed by atoms with Crippen LogP contribution in [0.15, 0.2) is 34.1 Å². The quantitative estimate of drug-likeness (QED) is 0.672. The van der Waals surface area contributed by atoms with Crippen molar-refractivity contribution in [1.82, 2.24) is 0 Å². The van der Waals surface area contributed by atoms with Crippen molar-refractivity contribution >= 4 is 20.1 Å². The lowest BCUT2D eigenvalue weighted by Gasteiger charge is -2.06. The summed E-state index contributed by atoms with van der Waals surface area (Å²) in [7, 11) is -8.37. The van der Waals surface area contributed by atoms with Crippen molar-refractivity contribution in [1.29, 1.82) is 0 Å². The Morgan fingerprint density at radius 3 is 1.74 bits per heavy atom. The Morgan fingerprint density at radius 1 is 1.05 bits per heavy atom. The average Bonchev–Trinajstić information content (AvgIpc) is 2.12. The number of hydrogen-bond donors (Lipinski definition) is 3. The molecule has 7 nitrogen and oxygen atoms in total. The van der Waals surface area contributed by atoms with E-state index < -0.39 is 25.0 Å². The summed E-state index contributed by atoms with van der Waals surface area (Å²) >= 11 is 0. The molecule has 0 fully saturated rings. The molecule has 0 aromatic heterocycles. The van der Waals surface area contributed by atoms with Crippen LogP contribution in [0.5, 0.6) is 0 Å². The summed E-state index contributed by atoms with van der Waals surface area (Å²) in [4.78, 5) is -0.878. The molecule has 0 atom stereocenters. The van der Waals surface area contributed by atoms with Gasteiger partial charge in [0.1, 0.15) is 0 Å². The van der Waals surface area contributed by atoms with Gasteiger partial charge >= 0.3 is 0 Å². The maximum atomic E-state index is 10.8. The Balaban J connectivity index is 0.000000555. The molecule has 0 saturated heterocycles. The second kappa shape index (κ2) is 5.97. The number of rotatable bonds is 2. The van der Waals surface area contributed by atoms with Crippen molar-refractivity contribution in [2.24, 2.45) is 10.9 Å². The molecule has 0 heterocycles. The van der Waals surface area contributed by atoms with Gasteiger partial charge in [-0.05, 0) is 39.0 Å². The van der Waals surface area contributed by atoms with Gasteiger partial charge in [-0.25, -0.2) is 13.6 Å². The minimum atomic E-state index is -4.41. The van der Waals surface area contributed by atoms with Gasteiger partial charge in [0.05, 0.1) is 9.79 Å². The third-order valence-electron chi connectivity index (χ3n) is 1.43.